The van der Waals surface area contributed by atoms with Gasteiger partial charge in [-0.1, -0.05) is 58.5 Å². The van der Waals surface area contributed by atoms with Crippen LogP contribution in [0.3, 0.4) is 0 Å². The first-order valence-corrected chi connectivity index (χ1v) is 9.66. The van der Waals surface area contributed by atoms with Crippen molar-refractivity contribution in [2.45, 2.75) is 16.1 Å². The van der Waals surface area contributed by atoms with Crippen molar-refractivity contribution < 1.29 is 18.0 Å². The number of anilines is 1. The summed E-state index contributed by atoms with van der Waals surface area (Å²) in [6.07, 6.45) is -5.82. The van der Waals surface area contributed by atoms with E-state index >= 15 is 0 Å². The fourth-order valence-electron chi connectivity index (χ4n) is 2.12. The topological polar surface area (TPSA) is 53.2 Å². The van der Waals surface area contributed by atoms with Crippen LogP contribution in [0.25, 0.3) is 0 Å². The van der Waals surface area contributed by atoms with E-state index < -0.39 is 27.6 Å². The Morgan fingerprint density at radius 2 is 1.66 bits per heavy atom. The van der Waals surface area contributed by atoms with E-state index in [0.29, 0.717) is 5.02 Å². The van der Waals surface area contributed by atoms with Gasteiger partial charge in [-0.15, -0.1) is 0 Å². The quantitative estimate of drug-likeness (QED) is 0.281. The van der Waals surface area contributed by atoms with Crippen LogP contribution in [0.15, 0.2) is 48.5 Å². The van der Waals surface area contributed by atoms with Gasteiger partial charge in [-0.3, -0.25) is 4.79 Å². The number of hydrogen-bond donors (Lipinski definition) is 3. The molecule has 0 bridgehead atoms. The van der Waals surface area contributed by atoms with E-state index in [-0.39, 0.29) is 16.4 Å². The number of nitrogens with one attached hydrogen (secondary N) is 3. The number of thiocarbonyl (C=S) groups is 1. The summed E-state index contributed by atoms with van der Waals surface area (Å²) >= 11 is 28.6. The van der Waals surface area contributed by atoms with Crippen molar-refractivity contribution in [3.8, 4) is 0 Å². The van der Waals surface area contributed by atoms with Crippen LogP contribution in [-0.4, -0.2) is 21.0 Å². The lowest BCUT2D eigenvalue weighted by atomic mass is 10.2. The predicted molar refractivity (Wildman–Crippen MR) is 114 cm³/mol. The Hall–Kier alpha value is -1.45. The zero-order chi connectivity index (χ0) is 21.8. The summed E-state index contributed by atoms with van der Waals surface area (Å²) in [7, 11) is 0. The van der Waals surface area contributed by atoms with Crippen molar-refractivity contribution in [2.24, 2.45) is 0 Å². The van der Waals surface area contributed by atoms with Crippen LogP contribution >= 0.6 is 58.6 Å². The molecule has 2 aromatic rings. The number of carbonyl (C=O) groups excluding carboxylic acids is 1. The molecule has 0 aliphatic heterocycles. The van der Waals surface area contributed by atoms with E-state index in [0.717, 1.165) is 12.1 Å². The fraction of sp³-hybridized carbons (Fsp3) is 0.176. The molecule has 0 saturated heterocycles. The minimum absolute atomic E-state index is 0.0570. The van der Waals surface area contributed by atoms with Gasteiger partial charge in [0, 0.05) is 16.3 Å². The minimum Gasteiger partial charge on any atom is -0.339 e. The van der Waals surface area contributed by atoms with E-state index in [9.17, 15) is 18.0 Å². The Balaban J connectivity index is 2.10. The molecule has 0 radical (unpaired) electrons. The Bertz CT molecular complexity index is 906. The maximum Gasteiger partial charge on any atom is 0.416 e. The summed E-state index contributed by atoms with van der Waals surface area (Å²) in [6, 6.07) is 10.4. The molecular weight excluding hydrogens is 493 g/mol. The maximum atomic E-state index is 12.8. The predicted octanol–water partition coefficient (Wildman–Crippen LogP) is 5.77. The number of halogens is 7. The summed E-state index contributed by atoms with van der Waals surface area (Å²) in [5, 5.41) is 7.71. The second kappa shape index (κ2) is 9.57. The Labute approximate surface area is 189 Å². The van der Waals surface area contributed by atoms with Gasteiger partial charge in [0.15, 0.2) is 5.11 Å². The highest BCUT2D eigenvalue weighted by molar-refractivity contribution is 7.80. The molecule has 0 saturated carbocycles. The SMILES string of the molecule is O=C(NC(NC(=S)Nc1cccc(C(F)(F)F)c1)C(Cl)(Cl)Cl)c1cccc(Cl)c1. The average Bonchev–Trinajstić information content (AvgIpc) is 2.59. The third kappa shape index (κ3) is 7.38. The van der Waals surface area contributed by atoms with Gasteiger partial charge in [-0.05, 0) is 48.6 Å². The van der Waals surface area contributed by atoms with Crippen molar-refractivity contribution in [3.05, 3.63) is 64.7 Å². The number of carbonyl (C=O) groups is 1. The Morgan fingerprint density at radius 3 is 2.24 bits per heavy atom. The first-order valence-electron chi connectivity index (χ1n) is 7.74. The molecule has 0 aliphatic carbocycles. The van der Waals surface area contributed by atoms with Gasteiger partial charge in [0.1, 0.15) is 6.17 Å². The van der Waals surface area contributed by atoms with Gasteiger partial charge in [0.2, 0.25) is 3.79 Å². The molecule has 3 N–H and O–H groups in total. The third-order valence-corrected chi connectivity index (χ3v) is 4.52. The lowest BCUT2D eigenvalue weighted by Gasteiger charge is -2.28. The molecular formula is C17H12Cl4F3N3OS. The molecule has 0 fully saturated rings. The molecule has 0 spiro atoms. The van der Waals surface area contributed by atoms with Crippen molar-refractivity contribution >= 4 is 75.3 Å². The van der Waals surface area contributed by atoms with E-state index in [4.69, 9.17) is 58.6 Å². The Kier molecular flexibility index (Phi) is 7.86. The normalized spacial score (nSPS) is 12.8. The lowest BCUT2D eigenvalue weighted by molar-refractivity contribution is -0.137. The van der Waals surface area contributed by atoms with Gasteiger partial charge in [-0.2, -0.15) is 13.2 Å². The molecule has 1 unspecified atom stereocenters. The summed E-state index contributed by atoms with van der Waals surface area (Å²) in [5.41, 5.74) is -0.602. The van der Waals surface area contributed by atoms with Crippen LogP contribution in [0.2, 0.25) is 5.02 Å². The molecule has 12 heteroatoms. The molecule has 1 atom stereocenters. The van der Waals surface area contributed by atoms with Crippen LogP contribution in [0, 0.1) is 0 Å². The van der Waals surface area contributed by atoms with E-state index in [2.05, 4.69) is 16.0 Å². The molecule has 2 aromatic carbocycles. The molecule has 0 aliphatic rings. The number of benzene rings is 2. The van der Waals surface area contributed by atoms with Crippen molar-refractivity contribution in [2.75, 3.05) is 5.32 Å². The third-order valence-electron chi connectivity index (χ3n) is 3.41. The zero-order valence-electron chi connectivity index (χ0n) is 14.2. The van der Waals surface area contributed by atoms with Crippen molar-refractivity contribution in [1.82, 2.24) is 10.6 Å². The molecule has 1 amide bonds. The van der Waals surface area contributed by atoms with Crippen LogP contribution in [0.4, 0.5) is 18.9 Å². The van der Waals surface area contributed by atoms with Crippen molar-refractivity contribution in [1.29, 1.82) is 0 Å². The van der Waals surface area contributed by atoms with Crippen molar-refractivity contribution in [3.63, 3.8) is 0 Å². The first-order chi connectivity index (χ1) is 13.4. The number of amides is 1. The van der Waals surface area contributed by atoms with Gasteiger partial charge >= 0.3 is 6.18 Å². The number of rotatable bonds is 4. The number of alkyl halides is 6. The first kappa shape index (κ1) is 23.8. The summed E-state index contributed by atoms with van der Waals surface area (Å²) in [6.45, 7) is 0. The molecule has 156 valence electrons. The molecule has 0 aromatic heterocycles. The summed E-state index contributed by atoms with van der Waals surface area (Å²) in [4.78, 5) is 12.4. The largest absolute Gasteiger partial charge is 0.416 e. The van der Waals surface area contributed by atoms with Gasteiger partial charge in [0.05, 0.1) is 5.56 Å². The Morgan fingerprint density at radius 1 is 1.00 bits per heavy atom. The second-order valence-corrected chi connectivity index (χ2v) is 8.85. The smallest absolute Gasteiger partial charge is 0.339 e. The standard InChI is InChI=1S/C17H12Cl4F3N3OS/c18-11-5-1-3-9(7-11)13(28)26-14(16(19,20)21)27-15(29)25-12-6-2-4-10(8-12)17(22,23)24/h1-8,14H,(H,26,28)(H2,25,27,29). The summed E-state index contributed by atoms with van der Waals surface area (Å²) < 4.78 is 36.4. The highest BCUT2D eigenvalue weighted by atomic mass is 35.6. The van der Waals surface area contributed by atoms with E-state index in [1.807, 2.05) is 0 Å². The van der Waals surface area contributed by atoms with Gasteiger partial charge in [0.25, 0.3) is 5.91 Å². The average molecular weight is 505 g/mol. The number of hydrogen-bond acceptors (Lipinski definition) is 2. The van der Waals surface area contributed by atoms with Crippen LogP contribution in [0.5, 0.6) is 0 Å². The summed E-state index contributed by atoms with van der Waals surface area (Å²) in [5.74, 6) is -0.613. The van der Waals surface area contributed by atoms with Gasteiger partial charge in [-0.25, -0.2) is 0 Å². The molecule has 0 heterocycles. The second-order valence-electron chi connectivity index (χ2n) is 5.64. The highest BCUT2D eigenvalue weighted by Crippen LogP contribution is 2.31. The van der Waals surface area contributed by atoms with E-state index in [1.54, 1.807) is 12.1 Å². The van der Waals surface area contributed by atoms with Crippen LogP contribution in [0.1, 0.15) is 15.9 Å². The minimum atomic E-state index is -4.52. The van der Waals surface area contributed by atoms with Crippen LogP contribution < -0.4 is 16.0 Å². The molecule has 4 nitrogen and oxygen atoms in total. The molecule has 2 rings (SSSR count). The van der Waals surface area contributed by atoms with Gasteiger partial charge < -0.3 is 16.0 Å². The monoisotopic (exact) mass is 503 g/mol. The van der Waals surface area contributed by atoms with Crippen LogP contribution in [-0.2, 0) is 6.18 Å². The lowest BCUT2D eigenvalue weighted by Crippen LogP contribution is -2.56. The molecule has 29 heavy (non-hydrogen) atoms. The fourth-order valence-corrected chi connectivity index (χ4v) is 2.87. The van der Waals surface area contributed by atoms with E-state index in [1.165, 1.54) is 24.3 Å². The zero-order valence-corrected chi connectivity index (χ0v) is 18.0. The maximum absolute atomic E-state index is 12.8. The highest BCUT2D eigenvalue weighted by Gasteiger charge is 2.35.